The van der Waals surface area contributed by atoms with Gasteiger partial charge in [-0.3, -0.25) is 0 Å². The van der Waals surface area contributed by atoms with Crippen LogP contribution in [0.4, 0.5) is 0 Å². The Balaban J connectivity index is 1.57. The third kappa shape index (κ3) is 5.69. The van der Waals surface area contributed by atoms with Gasteiger partial charge in [-0.15, -0.1) is 0 Å². The smallest absolute Gasteiger partial charge is 0.0843 e. The first kappa shape index (κ1) is 23.2. The van der Waals surface area contributed by atoms with Crippen LogP contribution in [0.5, 0.6) is 0 Å². The first-order chi connectivity index (χ1) is 15.8. The molecular weight excluding hydrogens is 430 g/mol. The van der Waals surface area contributed by atoms with Crippen LogP contribution in [0.15, 0.2) is 78.9 Å². The van der Waals surface area contributed by atoms with Crippen LogP contribution >= 0.6 is 11.6 Å². The van der Waals surface area contributed by atoms with Crippen molar-refractivity contribution in [2.45, 2.75) is 31.8 Å². The van der Waals surface area contributed by atoms with Crippen LogP contribution < -0.4 is 0 Å². The average molecular weight is 458 g/mol. The van der Waals surface area contributed by atoms with Gasteiger partial charge in [-0.25, -0.2) is 4.98 Å². The summed E-state index contributed by atoms with van der Waals surface area (Å²) in [4.78, 5) is 4.68. The normalized spacial score (nSPS) is 13.0. The number of halogens is 1. The molecule has 1 heterocycles. The topological polar surface area (TPSA) is 53.4 Å². The molecule has 0 aliphatic heterocycles. The predicted octanol–water partition coefficient (Wildman–Crippen LogP) is 6.60. The van der Waals surface area contributed by atoms with Crippen molar-refractivity contribution in [2.75, 3.05) is 6.61 Å². The van der Waals surface area contributed by atoms with Gasteiger partial charge in [0, 0.05) is 16.3 Å². The van der Waals surface area contributed by atoms with Crippen LogP contribution in [-0.2, 0) is 12.0 Å². The molecule has 33 heavy (non-hydrogen) atoms. The average Bonchev–Trinajstić information content (AvgIpc) is 2.80. The molecule has 1 aromatic heterocycles. The van der Waals surface area contributed by atoms with E-state index in [-0.39, 0.29) is 12.5 Å². The standard InChI is InChI=1S/C29H28ClNO2/c1-29(2,33)27-9-4-3-7-23(27)17-24(19-32)22-8-5-6-20(16-22)10-14-26-15-12-21-11-13-25(30)18-28(21)31-26/h3-16,18,24,32-33H,17,19H2,1-2H3/b14-10+. The number of hydrogen-bond acceptors (Lipinski definition) is 3. The number of hydrogen-bond donors (Lipinski definition) is 2. The maximum Gasteiger partial charge on any atom is 0.0843 e. The summed E-state index contributed by atoms with van der Waals surface area (Å²) in [5.41, 5.74) is 4.82. The van der Waals surface area contributed by atoms with Crippen molar-refractivity contribution in [2.24, 2.45) is 0 Å². The van der Waals surface area contributed by atoms with Gasteiger partial charge in [0.15, 0.2) is 0 Å². The van der Waals surface area contributed by atoms with E-state index in [1.54, 1.807) is 13.8 Å². The zero-order valence-corrected chi connectivity index (χ0v) is 19.6. The fourth-order valence-corrected chi connectivity index (χ4v) is 4.31. The molecule has 0 aliphatic carbocycles. The van der Waals surface area contributed by atoms with Crippen molar-refractivity contribution in [3.63, 3.8) is 0 Å². The first-order valence-corrected chi connectivity index (χ1v) is 11.5. The first-order valence-electron chi connectivity index (χ1n) is 11.1. The summed E-state index contributed by atoms with van der Waals surface area (Å²) in [6, 6.07) is 25.8. The fourth-order valence-electron chi connectivity index (χ4n) is 4.15. The molecular formula is C29H28ClNO2. The number of aliphatic hydroxyl groups is 2. The van der Waals surface area contributed by atoms with Crippen LogP contribution in [-0.4, -0.2) is 21.8 Å². The van der Waals surface area contributed by atoms with Gasteiger partial charge in [0.25, 0.3) is 0 Å². The highest BCUT2D eigenvalue weighted by atomic mass is 35.5. The molecule has 2 N–H and O–H groups in total. The van der Waals surface area contributed by atoms with Gasteiger partial charge in [-0.05, 0) is 66.8 Å². The Bertz CT molecular complexity index is 1290. The quantitative estimate of drug-likeness (QED) is 0.328. The van der Waals surface area contributed by atoms with Gasteiger partial charge in [0.2, 0.25) is 0 Å². The monoisotopic (exact) mass is 457 g/mol. The van der Waals surface area contributed by atoms with Crippen molar-refractivity contribution >= 4 is 34.7 Å². The third-order valence-corrected chi connectivity index (χ3v) is 6.10. The molecule has 168 valence electrons. The highest BCUT2D eigenvalue weighted by Gasteiger charge is 2.22. The fraction of sp³-hybridized carbons (Fsp3) is 0.207. The van der Waals surface area contributed by atoms with E-state index in [0.29, 0.717) is 11.4 Å². The van der Waals surface area contributed by atoms with Crippen LogP contribution in [0.25, 0.3) is 23.1 Å². The second-order valence-corrected chi connectivity index (χ2v) is 9.31. The van der Waals surface area contributed by atoms with E-state index in [1.165, 1.54) is 0 Å². The van der Waals surface area contributed by atoms with E-state index in [1.807, 2.05) is 84.9 Å². The predicted molar refractivity (Wildman–Crippen MR) is 137 cm³/mol. The Morgan fingerprint density at radius 1 is 0.939 bits per heavy atom. The Labute approximate surface area is 200 Å². The number of aromatic nitrogens is 1. The molecule has 0 radical (unpaired) electrons. The molecule has 0 saturated carbocycles. The van der Waals surface area contributed by atoms with E-state index in [9.17, 15) is 10.2 Å². The molecule has 0 spiro atoms. The zero-order chi connectivity index (χ0) is 23.4. The molecule has 3 nitrogen and oxygen atoms in total. The summed E-state index contributed by atoms with van der Waals surface area (Å²) in [7, 11) is 0. The Morgan fingerprint density at radius 3 is 2.52 bits per heavy atom. The van der Waals surface area contributed by atoms with Gasteiger partial charge in [0.05, 0.1) is 23.4 Å². The van der Waals surface area contributed by atoms with Crippen molar-refractivity contribution in [1.29, 1.82) is 0 Å². The maximum atomic E-state index is 10.5. The molecule has 0 fully saturated rings. The largest absolute Gasteiger partial charge is 0.396 e. The minimum Gasteiger partial charge on any atom is -0.396 e. The van der Waals surface area contributed by atoms with Gasteiger partial charge < -0.3 is 10.2 Å². The van der Waals surface area contributed by atoms with Crippen molar-refractivity contribution in [3.05, 3.63) is 112 Å². The minimum atomic E-state index is -0.932. The summed E-state index contributed by atoms with van der Waals surface area (Å²) in [6.07, 6.45) is 4.66. The number of pyridine rings is 1. The highest BCUT2D eigenvalue weighted by Crippen LogP contribution is 2.29. The molecule has 1 atom stereocenters. The second kappa shape index (κ2) is 9.88. The minimum absolute atomic E-state index is 0.0281. The zero-order valence-electron chi connectivity index (χ0n) is 18.9. The molecule has 0 aliphatic rings. The molecule has 0 bridgehead atoms. The van der Waals surface area contributed by atoms with Crippen LogP contribution in [0.2, 0.25) is 5.02 Å². The van der Waals surface area contributed by atoms with Crippen molar-refractivity contribution in [1.82, 2.24) is 4.98 Å². The number of fused-ring (bicyclic) bond motifs is 1. The van der Waals surface area contributed by atoms with Gasteiger partial charge in [-0.2, -0.15) is 0 Å². The van der Waals surface area contributed by atoms with E-state index in [4.69, 9.17) is 11.6 Å². The number of aliphatic hydroxyl groups excluding tert-OH is 1. The molecule has 0 saturated heterocycles. The van der Waals surface area contributed by atoms with Crippen molar-refractivity contribution < 1.29 is 10.2 Å². The van der Waals surface area contributed by atoms with E-state index >= 15 is 0 Å². The summed E-state index contributed by atoms with van der Waals surface area (Å²) in [5.74, 6) is -0.0669. The van der Waals surface area contributed by atoms with Crippen LogP contribution in [0, 0.1) is 0 Å². The summed E-state index contributed by atoms with van der Waals surface area (Å²) in [6.45, 7) is 3.61. The molecule has 0 amide bonds. The summed E-state index contributed by atoms with van der Waals surface area (Å²) < 4.78 is 0. The number of benzene rings is 3. The molecule has 4 rings (SSSR count). The second-order valence-electron chi connectivity index (χ2n) is 8.88. The van der Waals surface area contributed by atoms with E-state index in [2.05, 4.69) is 11.1 Å². The number of nitrogens with zero attached hydrogens (tertiary/aromatic N) is 1. The van der Waals surface area contributed by atoms with Gasteiger partial charge in [0.1, 0.15) is 0 Å². The van der Waals surface area contributed by atoms with Crippen LogP contribution in [0.1, 0.15) is 47.7 Å². The Morgan fingerprint density at radius 2 is 1.73 bits per heavy atom. The summed E-state index contributed by atoms with van der Waals surface area (Å²) >= 11 is 6.11. The third-order valence-electron chi connectivity index (χ3n) is 5.87. The van der Waals surface area contributed by atoms with E-state index < -0.39 is 5.60 Å². The van der Waals surface area contributed by atoms with Gasteiger partial charge in [-0.1, -0.05) is 78.3 Å². The lowest BCUT2D eigenvalue weighted by Crippen LogP contribution is -2.19. The maximum absolute atomic E-state index is 10.5. The van der Waals surface area contributed by atoms with Crippen molar-refractivity contribution in [3.8, 4) is 0 Å². The lowest BCUT2D eigenvalue weighted by molar-refractivity contribution is 0.0774. The molecule has 4 heteroatoms. The molecule has 1 unspecified atom stereocenters. The summed E-state index contributed by atoms with van der Waals surface area (Å²) in [5, 5.41) is 22.4. The Hall–Kier alpha value is -2.98. The number of rotatable bonds is 7. The SMILES string of the molecule is CC(C)(O)c1ccccc1CC(CO)c1cccc(/C=C/c2ccc3ccc(Cl)cc3n2)c1. The lowest BCUT2D eigenvalue weighted by atomic mass is 9.85. The molecule has 4 aromatic rings. The van der Waals surface area contributed by atoms with E-state index in [0.717, 1.165) is 38.9 Å². The molecule has 3 aromatic carbocycles. The Kier molecular flexibility index (Phi) is 6.94. The lowest BCUT2D eigenvalue weighted by Gasteiger charge is -2.24. The van der Waals surface area contributed by atoms with Gasteiger partial charge >= 0.3 is 0 Å². The highest BCUT2D eigenvalue weighted by molar-refractivity contribution is 6.31. The van der Waals surface area contributed by atoms with Crippen LogP contribution in [0.3, 0.4) is 0 Å².